The number of hydrogen-bond donors (Lipinski definition) is 2. The summed E-state index contributed by atoms with van der Waals surface area (Å²) in [5.41, 5.74) is 0.475. The normalized spacial score (nSPS) is 12.6. The lowest BCUT2D eigenvalue weighted by atomic mass is 10.1. The van der Waals surface area contributed by atoms with Crippen LogP contribution in [0.3, 0.4) is 0 Å². The number of rotatable bonds is 6. The van der Waals surface area contributed by atoms with Crippen molar-refractivity contribution in [1.82, 2.24) is 5.32 Å². The van der Waals surface area contributed by atoms with E-state index in [9.17, 15) is 5.11 Å². The zero-order chi connectivity index (χ0) is 15.4. The molecular weight excluding hydrogens is 318 g/mol. The Labute approximate surface area is 130 Å². The molecule has 0 aliphatic heterocycles. The van der Waals surface area contributed by atoms with Crippen LogP contribution in [0.25, 0.3) is 0 Å². The van der Waals surface area contributed by atoms with Gasteiger partial charge in [-0.3, -0.25) is 0 Å². The van der Waals surface area contributed by atoms with E-state index in [1.807, 2.05) is 12.1 Å². The van der Waals surface area contributed by atoms with Crippen LogP contribution in [-0.4, -0.2) is 22.9 Å². The van der Waals surface area contributed by atoms with Crippen LogP contribution in [-0.2, 0) is 6.54 Å². The molecule has 0 atom stereocenters. The third kappa shape index (κ3) is 6.73. The summed E-state index contributed by atoms with van der Waals surface area (Å²) in [5.74, 6) is 0.855. The predicted molar refractivity (Wildman–Crippen MR) is 87.1 cm³/mol. The first-order chi connectivity index (χ1) is 9.08. The third-order valence-electron chi connectivity index (χ3n) is 2.82. The summed E-state index contributed by atoms with van der Waals surface area (Å²) in [6.45, 7) is 11.2. The van der Waals surface area contributed by atoms with E-state index in [4.69, 9.17) is 4.74 Å². The summed E-state index contributed by atoms with van der Waals surface area (Å²) < 4.78 is 6.81. The van der Waals surface area contributed by atoms with Gasteiger partial charge in [0, 0.05) is 24.1 Å². The van der Waals surface area contributed by atoms with E-state index in [1.54, 1.807) is 13.8 Å². The number of para-hydroxylation sites is 1. The smallest absolute Gasteiger partial charge is 0.137 e. The molecule has 1 rings (SSSR count). The monoisotopic (exact) mass is 343 g/mol. The molecule has 0 unspecified atom stereocenters. The van der Waals surface area contributed by atoms with Crippen LogP contribution >= 0.6 is 15.9 Å². The van der Waals surface area contributed by atoms with Gasteiger partial charge in [0.25, 0.3) is 0 Å². The van der Waals surface area contributed by atoms with E-state index in [0.717, 1.165) is 22.3 Å². The minimum absolute atomic E-state index is 0.0622. The average molecular weight is 344 g/mol. The minimum Gasteiger partial charge on any atom is -0.492 e. The first kappa shape index (κ1) is 17.5. The van der Waals surface area contributed by atoms with E-state index in [-0.39, 0.29) is 5.54 Å². The Morgan fingerprint density at radius 2 is 1.85 bits per heavy atom. The van der Waals surface area contributed by atoms with Crippen molar-refractivity contribution < 1.29 is 9.84 Å². The Kier molecular flexibility index (Phi) is 6.05. The van der Waals surface area contributed by atoms with Crippen molar-refractivity contribution in [3.8, 4) is 5.75 Å². The highest BCUT2D eigenvalue weighted by Gasteiger charge is 2.15. The summed E-state index contributed by atoms with van der Waals surface area (Å²) in [6, 6.07) is 6.04. The number of halogens is 1. The molecule has 114 valence electrons. The predicted octanol–water partition coefficient (Wildman–Crippen LogP) is 3.88. The lowest BCUT2D eigenvalue weighted by Gasteiger charge is -2.23. The highest BCUT2D eigenvalue weighted by Crippen LogP contribution is 2.30. The zero-order valence-electron chi connectivity index (χ0n) is 13.1. The van der Waals surface area contributed by atoms with E-state index in [0.29, 0.717) is 13.0 Å². The summed E-state index contributed by atoms with van der Waals surface area (Å²) >= 11 is 3.53. The van der Waals surface area contributed by atoms with Crippen LogP contribution in [0.4, 0.5) is 0 Å². The Balaban J connectivity index is 2.73. The molecule has 20 heavy (non-hydrogen) atoms. The topological polar surface area (TPSA) is 41.5 Å². The van der Waals surface area contributed by atoms with E-state index in [2.05, 4.69) is 48.1 Å². The van der Waals surface area contributed by atoms with Crippen LogP contribution in [0.1, 0.15) is 46.6 Å². The molecule has 1 aromatic rings. The Bertz CT molecular complexity index is 433. The van der Waals surface area contributed by atoms with E-state index in [1.165, 1.54) is 0 Å². The molecule has 0 aliphatic carbocycles. The lowest BCUT2D eigenvalue weighted by molar-refractivity contribution is 0.0550. The van der Waals surface area contributed by atoms with Gasteiger partial charge < -0.3 is 15.2 Å². The van der Waals surface area contributed by atoms with Gasteiger partial charge in [-0.2, -0.15) is 0 Å². The quantitative estimate of drug-likeness (QED) is 0.823. The molecule has 2 N–H and O–H groups in total. The van der Waals surface area contributed by atoms with Gasteiger partial charge in [-0.25, -0.2) is 0 Å². The molecule has 3 nitrogen and oxygen atoms in total. The second-order valence-corrected chi connectivity index (χ2v) is 7.60. The molecule has 0 spiro atoms. The zero-order valence-corrected chi connectivity index (χ0v) is 14.7. The molecular formula is C16H26BrNO2. The molecule has 0 saturated heterocycles. The molecule has 0 heterocycles. The first-order valence-electron chi connectivity index (χ1n) is 6.96. The maximum Gasteiger partial charge on any atom is 0.137 e. The number of nitrogens with one attached hydrogen (secondary N) is 1. The third-order valence-corrected chi connectivity index (χ3v) is 3.44. The van der Waals surface area contributed by atoms with Crippen molar-refractivity contribution in [2.45, 2.75) is 58.7 Å². The highest BCUT2D eigenvalue weighted by molar-refractivity contribution is 9.10. The summed E-state index contributed by atoms with van der Waals surface area (Å²) in [4.78, 5) is 0. The molecule has 0 aromatic heterocycles. The van der Waals surface area contributed by atoms with Crippen LogP contribution < -0.4 is 10.1 Å². The molecule has 0 amide bonds. The van der Waals surface area contributed by atoms with Gasteiger partial charge in [-0.05, 0) is 56.6 Å². The number of ether oxygens (including phenoxy) is 1. The summed E-state index contributed by atoms with van der Waals surface area (Å²) in [5, 5.41) is 13.2. The number of aliphatic hydroxyl groups is 1. The molecule has 0 aliphatic rings. The standard InChI is InChI=1S/C16H26BrNO2/c1-15(2,3)18-11-12-7-6-8-13(17)14(12)20-10-9-16(4,5)19/h6-8,18-19H,9-11H2,1-5H3. The SMILES string of the molecule is CC(C)(O)CCOc1c(Br)cccc1CNC(C)(C)C. The van der Waals surface area contributed by atoms with Gasteiger partial charge in [-0.15, -0.1) is 0 Å². The van der Waals surface area contributed by atoms with E-state index >= 15 is 0 Å². The van der Waals surface area contributed by atoms with Gasteiger partial charge in [0.1, 0.15) is 5.75 Å². The Morgan fingerprint density at radius 1 is 1.20 bits per heavy atom. The van der Waals surface area contributed by atoms with Gasteiger partial charge >= 0.3 is 0 Å². The van der Waals surface area contributed by atoms with Crippen molar-refractivity contribution in [3.63, 3.8) is 0 Å². The van der Waals surface area contributed by atoms with Gasteiger partial charge in [0.15, 0.2) is 0 Å². The van der Waals surface area contributed by atoms with Crippen LogP contribution in [0.5, 0.6) is 5.75 Å². The number of benzene rings is 1. The Morgan fingerprint density at radius 3 is 2.40 bits per heavy atom. The highest BCUT2D eigenvalue weighted by atomic mass is 79.9. The Hall–Kier alpha value is -0.580. The van der Waals surface area contributed by atoms with Crippen LogP contribution in [0, 0.1) is 0 Å². The van der Waals surface area contributed by atoms with Crippen molar-refractivity contribution in [1.29, 1.82) is 0 Å². The fourth-order valence-electron chi connectivity index (χ4n) is 1.62. The molecule has 0 saturated carbocycles. The maximum atomic E-state index is 9.74. The average Bonchev–Trinajstić information content (AvgIpc) is 2.26. The largest absolute Gasteiger partial charge is 0.492 e. The van der Waals surface area contributed by atoms with Crippen molar-refractivity contribution in [2.24, 2.45) is 0 Å². The van der Waals surface area contributed by atoms with E-state index < -0.39 is 5.60 Å². The van der Waals surface area contributed by atoms with Gasteiger partial charge in [-0.1, -0.05) is 12.1 Å². The minimum atomic E-state index is -0.703. The fourth-order valence-corrected chi connectivity index (χ4v) is 2.14. The summed E-state index contributed by atoms with van der Waals surface area (Å²) in [7, 11) is 0. The van der Waals surface area contributed by atoms with Crippen molar-refractivity contribution in [2.75, 3.05) is 6.61 Å². The van der Waals surface area contributed by atoms with Crippen molar-refractivity contribution >= 4 is 15.9 Å². The lowest BCUT2D eigenvalue weighted by Crippen LogP contribution is -2.35. The molecule has 0 radical (unpaired) electrons. The second kappa shape index (κ2) is 6.92. The van der Waals surface area contributed by atoms with Crippen LogP contribution in [0.2, 0.25) is 0 Å². The first-order valence-corrected chi connectivity index (χ1v) is 7.75. The van der Waals surface area contributed by atoms with Gasteiger partial charge in [0.05, 0.1) is 16.7 Å². The summed E-state index contributed by atoms with van der Waals surface area (Å²) in [6.07, 6.45) is 0.598. The molecule has 0 fully saturated rings. The fraction of sp³-hybridized carbons (Fsp3) is 0.625. The number of hydrogen-bond acceptors (Lipinski definition) is 3. The van der Waals surface area contributed by atoms with Crippen LogP contribution in [0.15, 0.2) is 22.7 Å². The van der Waals surface area contributed by atoms with Crippen molar-refractivity contribution in [3.05, 3.63) is 28.2 Å². The second-order valence-electron chi connectivity index (χ2n) is 6.74. The maximum absolute atomic E-state index is 9.74. The van der Waals surface area contributed by atoms with Gasteiger partial charge in [0.2, 0.25) is 0 Å². The molecule has 0 bridgehead atoms. The molecule has 4 heteroatoms. The molecule has 1 aromatic carbocycles.